The number of ether oxygens (including phenoxy) is 1. The van der Waals surface area contributed by atoms with Gasteiger partial charge in [-0.15, -0.1) is 0 Å². The number of carbonyl (C=O) groups is 2. The van der Waals surface area contributed by atoms with Crippen LogP contribution in [-0.4, -0.2) is 65.7 Å². The Labute approximate surface area is 217 Å². The summed E-state index contributed by atoms with van der Waals surface area (Å²) in [5, 5.41) is 12.5. The molecule has 3 N–H and O–H groups in total. The first-order chi connectivity index (χ1) is 17.2. The van der Waals surface area contributed by atoms with Crippen LogP contribution >= 0.6 is 11.3 Å². The largest absolute Gasteiger partial charge is 0.480 e. The summed E-state index contributed by atoms with van der Waals surface area (Å²) in [6.45, 7) is 2.86. The molecule has 0 saturated heterocycles. The molecule has 0 radical (unpaired) electrons. The van der Waals surface area contributed by atoms with Crippen molar-refractivity contribution in [3.8, 4) is 0 Å². The van der Waals surface area contributed by atoms with Gasteiger partial charge in [0.1, 0.15) is 5.54 Å². The topological polar surface area (TPSA) is 138 Å². The van der Waals surface area contributed by atoms with E-state index in [4.69, 9.17) is 4.74 Å². The molecule has 0 unspecified atom stereocenters. The summed E-state index contributed by atoms with van der Waals surface area (Å²) < 4.78 is 33.8. The third-order valence-electron chi connectivity index (χ3n) is 7.71. The Kier molecular flexibility index (Phi) is 8.90. The monoisotopic (exact) mass is 542 g/mol. The zero-order valence-electron chi connectivity index (χ0n) is 20.9. The number of carboxylic acids is 1. The second-order valence-electron chi connectivity index (χ2n) is 10.3. The number of aromatic nitrogens is 1. The van der Waals surface area contributed by atoms with Crippen LogP contribution in [0.4, 0.5) is 9.93 Å². The zero-order chi connectivity index (χ0) is 25.8. The number of rotatable bonds is 10. The van der Waals surface area contributed by atoms with E-state index in [1.165, 1.54) is 12.6 Å². The lowest BCUT2D eigenvalue weighted by atomic mass is 9.78. The second-order valence-corrected chi connectivity index (χ2v) is 13.2. The number of nitrogens with zero attached hydrogens (tertiary/aromatic N) is 2. The predicted molar refractivity (Wildman–Crippen MR) is 137 cm³/mol. The van der Waals surface area contributed by atoms with Crippen LogP contribution in [0.1, 0.15) is 90.4 Å². The number of thiazole rings is 1. The minimum absolute atomic E-state index is 0.108. The van der Waals surface area contributed by atoms with Crippen LogP contribution in [0.15, 0.2) is 10.4 Å². The molecule has 0 bridgehead atoms. The van der Waals surface area contributed by atoms with Crippen LogP contribution in [0.3, 0.4) is 0 Å². The highest BCUT2D eigenvalue weighted by atomic mass is 32.2. The summed E-state index contributed by atoms with van der Waals surface area (Å²) in [6, 6.07) is 0.0382. The second kappa shape index (κ2) is 11.7. The number of aliphatic carboxylic acids is 1. The van der Waals surface area contributed by atoms with E-state index in [9.17, 15) is 23.1 Å². The van der Waals surface area contributed by atoms with Crippen molar-refractivity contribution in [2.24, 2.45) is 0 Å². The third kappa shape index (κ3) is 6.20. The Morgan fingerprint density at radius 1 is 1.11 bits per heavy atom. The summed E-state index contributed by atoms with van der Waals surface area (Å²) >= 11 is 0.842. The maximum absolute atomic E-state index is 13.5. The van der Waals surface area contributed by atoms with E-state index in [0.29, 0.717) is 6.42 Å². The fraction of sp³-hybridized carbons (Fsp3) is 0.792. The molecule has 3 saturated carbocycles. The van der Waals surface area contributed by atoms with Crippen molar-refractivity contribution in [3.63, 3.8) is 0 Å². The lowest BCUT2D eigenvalue weighted by Crippen LogP contribution is -2.58. The van der Waals surface area contributed by atoms with Crippen LogP contribution in [0.2, 0.25) is 0 Å². The van der Waals surface area contributed by atoms with Gasteiger partial charge in [0.2, 0.25) is 0 Å². The molecule has 0 aliphatic heterocycles. The van der Waals surface area contributed by atoms with Crippen LogP contribution in [0.5, 0.6) is 0 Å². The zero-order valence-corrected chi connectivity index (χ0v) is 22.5. The van der Waals surface area contributed by atoms with E-state index >= 15 is 0 Å². The van der Waals surface area contributed by atoms with Crippen molar-refractivity contribution in [3.05, 3.63) is 6.20 Å². The molecule has 0 aromatic carbocycles. The van der Waals surface area contributed by atoms with E-state index in [0.717, 1.165) is 75.7 Å². The van der Waals surface area contributed by atoms with E-state index in [1.807, 2.05) is 4.90 Å². The number of nitrogens with one attached hydrogen (secondary N) is 2. The number of hydrogen-bond donors (Lipinski definition) is 3. The van der Waals surface area contributed by atoms with Crippen molar-refractivity contribution in [2.45, 2.75) is 118 Å². The van der Waals surface area contributed by atoms with Gasteiger partial charge < -0.3 is 14.7 Å². The van der Waals surface area contributed by atoms with E-state index < -0.39 is 21.5 Å². The molecule has 0 spiro atoms. The van der Waals surface area contributed by atoms with Crippen molar-refractivity contribution in [2.75, 3.05) is 11.9 Å². The molecule has 36 heavy (non-hydrogen) atoms. The van der Waals surface area contributed by atoms with Gasteiger partial charge in [-0.05, 0) is 64.2 Å². The third-order valence-corrected chi connectivity index (χ3v) is 10.6. The average Bonchev–Trinajstić information content (AvgIpc) is 3.31. The van der Waals surface area contributed by atoms with Gasteiger partial charge in [0.05, 0.1) is 12.3 Å². The van der Waals surface area contributed by atoms with Gasteiger partial charge in [-0.2, -0.15) is 4.72 Å². The molecule has 3 aliphatic rings. The minimum atomic E-state index is -4.07. The smallest absolute Gasteiger partial charge is 0.324 e. The fourth-order valence-corrected chi connectivity index (χ4v) is 8.00. The van der Waals surface area contributed by atoms with Gasteiger partial charge >= 0.3 is 12.0 Å². The lowest BCUT2D eigenvalue weighted by molar-refractivity contribution is -0.147. The maximum Gasteiger partial charge on any atom is 0.324 e. The molecule has 1 heterocycles. The summed E-state index contributed by atoms with van der Waals surface area (Å²) in [5.74, 6) is -1.17. The number of sulfonamides is 1. The Hall–Kier alpha value is -1.76. The Morgan fingerprint density at radius 3 is 2.36 bits per heavy atom. The number of carboxylic acid groups (broad SMARTS) is 1. The number of hydrogen-bond acceptors (Lipinski definition) is 7. The molecular formula is C24H38N4O6S2. The Morgan fingerprint density at radius 2 is 1.78 bits per heavy atom. The molecule has 1 aromatic heterocycles. The Balaban J connectivity index is 1.43. The molecule has 10 nitrogen and oxygen atoms in total. The predicted octanol–water partition coefficient (Wildman–Crippen LogP) is 4.33. The first-order valence-electron chi connectivity index (χ1n) is 13.2. The number of amides is 2. The summed E-state index contributed by atoms with van der Waals surface area (Å²) in [7, 11) is -4.07. The van der Waals surface area contributed by atoms with Crippen LogP contribution < -0.4 is 10.0 Å². The molecule has 4 rings (SSSR count). The molecule has 2 amide bonds. The molecule has 3 aliphatic carbocycles. The van der Waals surface area contributed by atoms with Gasteiger partial charge in [0, 0.05) is 18.7 Å². The van der Waals surface area contributed by atoms with Gasteiger partial charge in [-0.1, -0.05) is 37.5 Å². The SMILES string of the molecule is CCCO[C@H]1CC[C@H](N(C(=O)Nc2ncc(S(=O)(=O)NC3(C(=O)O)CCC3)s2)C2CCCCC2)CC1. The standard InChI is InChI=1S/C24H38N4O6S2/c1-2-15-34-19-11-9-18(10-12-19)28(17-7-4-3-5-8-17)23(31)26-22-25-16-20(35-22)36(32,33)27-24(21(29)30)13-6-14-24/h16-19,27H,2-15H2,1H3,(H,29,30)(H,25,26,31)/t18-,19-. The van der Waals surface area contributed by atoms with E-state index in [2.05, 4.69) is 21.9 Å². The molecular weight excluding hydrogens is 504 g/mol. The van der Waals surface area contributed by atoms with Crippen LogP contribution in [0.25, 0.3) is 0 Å². The highest BCUT2D eigenvalue weighted by Crippen LogP contribution is 2.35. The lowest BCUT2D eigenvalue weighted by Gasteiger charge is -2.42. The number of carbonyl (C=O) groups excluding carboxylic acids is 1. The van der Waals surface area contributed by atoms with Crippen molar-refractivity contribution >= 4 is 38.5 Å². The summed E-state index contributed by atoms with van der Waals surface area (Å²) in [4.78, 5) is 31.2. The summed E-state index contributed by atoms with van der Waals surface area (Å²) in [5.41, 5.74) is -1.45. The maximum atomic E-state index is 13.5. The van der Waals surface area contributed by atoms with Gasteiger partial charge in [0.25, 0.3) is 10.0 Å². The molecule has 202 valence electrons. The van der Waals surface area contributed by atoms with Gasteiger partial charge in [-0.25, -0.2) is 18.2 Å². The first kappa shape index (κ1) is 27.3. The number of anilines is 1. The van der Waals surface area contributed by atoms with Crippen molar-refractivity contribution < 1.29 is 27.9 Å². The normalized spacial score (nSPS) is 24.6. The highest BCUT2D eigenvalue weighted by molar-refractivity contribution is 7.91. The molecule has 3 fully saturated rings. The number of urea groups is 1. The summed E-state index contributed by atoms with van der Waals surface area (Å²) in [6.07, 6.45) is 12.5. The Bertz CT molecular complexity index is 1010. The van der Waals surface area contributed by atoms with Crippen LogP contribution in [0, 0.1) is 0 Å². The van der Waals surface area contributed by atoms with Gasteiger partial charge in [-0.3, -0.25) is 10.1 Å². The molecule has 12 heteroatoms. The quantitative estimate of drug-likeness (QED) is 0.400. The average molecular weight is 543 g/mol. The fourth-order valence-electron chi connectivity index (χ4n) is 5.56. The van der Waals surface area contributed by atoms with Gasteiger partial charge in [0.15, 0.2) is 9.34 Å². The molecule has 0 atom stereocenters. The highest BCUT2D eigenvalue weighted by Gasteiger charge is 2.48. The minimum Gasteiger partial charge on any atom is -0.480 e. The van der Waals surface area contributed by atoms with Crippen LogP contribution in [-0.2, 0) is 19.6 Å². The first-order valence-corrected chi connectivity index (χ1v) is 15.5. The van der Waals surface area contributed by atoms with Crippen molar-refractivity contribution in [1.29, 1.82) is 0 Å². The van der Waals surface area contributed by atoms with E-state index in [1.54, 1.807) is 0 Å². The van der Waals surface area contributed by atoms with Crippen molar-refractivity contribution in [1.82, 2.24) is 14.6 Å². The molecule has 1 aromatic rings. The van der Waals surface area contributed by atoms with E-state index in [-0.39, 0.29) is 46.4 Å².